The summed E-state index contributed by atoms with van der Waals surface area (Å²) in [6.07, 6.45) is 1.72. The van der Waals surface area contributed by atoms with Gasteiger partial charge in [0.25, 0.3) is 0 Å². The lowest BCUT2D eigenvalue weighted by Gasteiger charge is -2.07. The Morgan fingerprint density at radius 2 is 1.94 bits per heavy atom. The number of aromatic nitrogens is 1. The first kappa shape index (κ1) is 13.0. The minimum absolute atomic E-state index is 0.452. The van der Waals surface area contributed by atoms with Crippen LogP contribution in [0.15, 0.2) is 44.9 Å². The molecule has 0 radical (unpaired) electrons. The molecule has 17 heavy (non-hydrogen) atoms. The van der Waals surface area contributed by atoms with E-state index in [4.69, 9.17) is 28.9 Å². The normalized spacial score (nSPS) is 10.5. The second kappa shape index (κ2) is 5.48. The SMILES string of the molecule is Nc1cc(Cl)c(Cl)cc1Sc1ncccc1Br. The summed E-state index contributed by atoms with van der Waals surface area (Å²) in [7, 11) is 0. The average Bonchev–Trinajstić information content (AvgIpc) is 2.29. The molecular weight excluding hydrogens is 343 g/mol. The van der Waals surface area contributed by atoms with Gasteiger partial charge in [-0.3, -0.25) is 0 Å². The molecule has 1 heterocycles. The number of nitrogens with two attached hydrogens (primary N) is 1. The summed E-state index contributed by atoms with van der Waals surface area (Å²) in [6, 6.07) is 7.16. The number of nitrogens with zero attached hydrogens (tertiary/aromatic N) is 1. The second-order valence-corrected chi connectivity index (χ2v) is 5.90. The maximum Gasteiger partial charge on any atom is 0.115 e. The highest BCUT2D eigenvalue weighted by Gasteiger charge is 2.09. The van der Waals surface area contributed by atoms with E-state index in [1.807, 2.05) is 12.1 Å². The topological polar surface area (TPSA) is 38.9 Å². The average molecular weight is 350 g/mol. The molecule has 1 aromatic carbocycles. The minimum atomic E-state index is 0.452. The molecule has 1 aromatic heterocycles. The molecule has 88 valence electrons. The van der Waals surface area contributed by atoms with Gasteiger partial charge in [-0.05, 0) is 40.2 Å². The van der Waals surface area contributed by atoms with Crippen molar-refractivity contribution >= 4 is 56.6 Å². The van der Waals surface area contributed by atoms with E-state index in [2.05, 4.69) is 20.9 Å². The molecular formula is C11H7BrCl2N2S. The van der Waals surface area contributed by atoms with Gasteiger partial charge >= 0.3 is 0 Å². The predicted molar refractivity (Wildman–Crippen MR) is 76.9 cm³/mol. The second-order valence-electron chi connectivity index (χ2n) is 3.20. The van der Waals surface area contributed by atoms with Crippen LogP contribution in [0.4, 0.5) is 5.69 Å². The number of hydrogen-bond donors (Lipinski definition) is 1. The zero-order valence-electron chi connectivity index (χ0n) is 8.45. The minimum Gasteiger partial charge on any atom is -0.398 e. The number of rotatable bonds is 2. The number of anilines is 1. The highest BCUT2D eigenvalue weighted by atomic mass is 79.9. The van der Waals surface area contributed by atoms with Crippen LogP contribution in [-0.4, -0.2) is 4.98 Å². The van der Waals surface area contributed by atoms with E-state index in [0.29, 0.717) is 15.7 Å². The fourth-order valence-corrected chi connectivity index (χ4v) is 2.92. The van der Waals surface area contributed by atoms with Crippen LogP contribution in [0.3, 0.4) is 0 Å². The molecule has 2 N–H and O–H groups in total. The van der Waals surface area contributed by atoms with Gasteiger partial charge in [0.2, 0.25) is 0 Å². The molecule has 6 heteroatoms. The van der Waals surface area contributed by atoms with Gasteiger partial charge in [0.15, 0.2) is 0 Å². The fraction of sp³-hybridized carbons (Fsp3) is 0. The molecule has 0 atom stereocenters. The number of hydrogen-bond acceptors (Lipinski definition) is 3. The van der Waals surface area contributed by atoms with Crippen LogP contribution in [0.2, 0.25) is 10.0 Å². The molecule has 0 aliphatic heterocycles. The van der Waals surface area contributed by atoms with E-state index in [-0.39, 0.29) is 0 Å². The van der Waals surface area contributed by atoms with E-state index in [9.17, 15) is 0 Å². The van der Waals surface area contributed by atoms with Crippen LogP contribution in [0, 0.1) is 0 Å². The van der Waals surface area contributed by atoms with Gasteiger partial charge in [-0.1, -0.05) is 35.0 Å². The molecule has 2 nitrogen and oxygen atoms in total. The summed E-state index contributed by atoms with van der Waals surface area (Å²) < 4.78 is 0.912. The molecule has 2 aromatic rings. The molecule has 0 fully saturated rings. The van der Waals surface area contributed by atoms with Crippen molar-refractivity contribution in [1.29, 1.82) is 0 Å². The summed E-state index contributed by atoms with van der Waals surface area (Å²) in [6.45, 7) is 0. The van der Waals surface area contributed by atoms with Crippen molar-refractivity contribution in [3.05, 3.63) is 45.0 Å². The van der Waals surface area contributed by atoms with E-state index in [0.717, 1.165) is 14.4 Å². The Hall–Kier alpha value is -0.420. The molecule has 0 saturated heterocycles. The predicted octanol–water partition coefficient (Wildman–Crippen LogP) is 4.88. The van der Waals surface area contributed by atoms with Crippen molar-refractivity contribution in [1.82, 2.24) is 4.98 Å². The van der Waals surface area contributed by atoms with Crippen molar-refractivity contribution in [2.24, 2.45) is 0 Å². The van der Waals surface area contributed by atoms with Gasteiger partial charge < -0.3 is 5.73 Å². The van der Waals surface area contributed by atoms with Crippen molar-refractivity contribution in [3.63, 3.8) is 0 Å². The number of halogens is 3. The van der Waals surface area contributed by atoms with E-state index in [1.54, 1.807) is 18.3 Å². The lowest BCUT2D eigenvalue weighted by Crippen LogP contribution is -1.90. The standard InChI is InChI=1S/C11H7BrCl2N2S/c12-6-2-1-3-16-11(6)17-10-5-8(14)7(13)4-9(10)15/h1-5H,15H2. The van der Waals surface area contributed by atoms with Gasteiger partial charge in [0, 0.05) is 16.8 Å². The van der Waals surface area contributed by atoms with Gasteiger partial charge in [-0.2, -0.15) is 0 Å². The summed E-state index contributed by atoms with van der Waals surface area (Å²) in [5.74, 6) is 0. The molecule has 0 spiro atoms. The van der Waals surface area contributed by atoms with Crippen molar-refractivity contribution in [2.45, 2.75) is 9.92 Å². The van der Waals surface area contributed by atoms with Crippen LogP contribution in [0.5, 0.6) is 0 Å². The Labute approximate surface area is 122 Å². The molecule has 0 aliphatic rings. The highest BCUT2D eigenvalue weighted by molar-refractivity contribution is 9.10. The quantitative estimate of drug-likeness (QED) is 0.785. The Morgan fingerprint density at radius 3 is 2.65 bits per heavy atom. The third-order valence-corrected chi connectivity index (χ3v) is 4.70. The van der Waals surface area contributed by atoms with Gasteiger partial charge in [-0.15, -0.1) is 0 Å². The summed E-state index contributed by atoms with van der Waals surface area (Å²) in [5.41, 5.74) is 6.47. The number of nitrogen functional groups attached to an aromatic ring is 1. The summed E-state index contributed by atoms with van der Waals surface area (Å²) >= 11 is 16.7. The van der Waals surface area contributed by atoms with Crippen LogP contribution in [0.25, 0.3) is 0 Å². The molecule has 0 unspecified atom stereocenters. The van der Waals surface area contributed by atoms with Crippen molar-refractivity contribution in [3.8, 4) is 0 Å². The third-order valence-electron chi connectivity index (χ3n) is 1.98. The first-order valence-electron chi connectivity index (χ1n) is 4.61. The van der Waals surface area contributed by atoms with Gasteiger partial charge in [-0.25, -0.2) is 4.98 Å². The molecule has 0 amide bonds. The van der Waals surface area contributed by atoms with Crippen LogP contribution >= 0.6 is 50.9 Å². The monoisotopic (exact) mass is 348 g/mol. The smallest absolute Gasteiger partial charge is 0.115 e. The van der Waals surface area contributed by atoms with Crippen LogP contribution in [-0.2, 0) is 0 Å². The largest absolute Gasteiger partial charge is 0.398 e. The molecule has 0 saturated carbocycles. The van der Waals surface area contributed by atoms with Gasteiger partial charge in [0.1, 0.15) is 5.03 Å². The maximum absolute atomic E-state index is 5.96. The zero-order valence-corrected chi connectivity index (χ0v) is 12.4. The van der Waals surface area contributed by atoms with E-state index in [1.165, 1.54) is 11.8 Å². The zero-order chi connectivity index (χ0) is 12.4. The van der Waals surface area contributed by atoms with E-state index >= 15 is 0 Å². The fourth-order valence-electron chi connectivity index (χ4n) is 1.18. The van der Waals surface area contributed by atoms with E-state index < -0.39 is 0 Å². The Morgan fingerprint density at radius 1 is 1.24 bits per heavy atom. The van der Waals surface area contributed by atoms with Crippen LogP contribution < -0.4 is 5.73 Å². The number of benzene rings is 1. The highest BCUT2D eigenvalue weighted by Crippen LogP contribution is 2.38. The van der Waals surface area contributed by atoms with Crippen molar-refractivity contribution in [2.75, 3.05) is 5.73 Å². The van der Waals surface area contributed by atoms with Crippen LogP contribution in [0.1, 0.15) is 0 Å². The van der Waals surface area contributed by atoms with Gasteiger partial charge in [0.05, 0.1) is 14.5 Å². The Bertz CT molecular complexity index is 563. The molecule has 2 rings (SSSR count). The first-order chi connectivity index (χ1) is 8.08. The third kappa shape index (κ3) is 3.07. The molecule has 0 bridgehead atoms. The molecule has 0 aliphatic carbocycles. The lowest BCUT2D eigenvalue weighted by molar-refractivity contribution is 1.11. The number of pyridine rings is 1. The van der Waals surface area contributed by atoms with Crippen molar-refractivity contribution < 1.29 is 0 Å². The first-order valence-corrected chi connectivity index (χ1v) is 6.97. The summed E-state index contributed by atoms with van der Waals surface area (Å²) in [5, 5.41) is 1.77. The summed E-state index contributed by atoms with van der Waals surface area (Å²) in [4.78, 5) is 5.08. The Balaban J connectivity index is 2.37. The lowest BCUT2D eigenvalue weighted by atomic mass is 10.3. The maximum atomic E-state index is 5.96. The Kier molecular flexibility index (Phi) is 4.20.